The van der Waals surface area contributed by atoms with E-state index in [1.165, 1.54) is 5.56 Å². The number of hydrogen-bond acceptors (Lipinski definition) is 2. The van der Waals surface area contributed by atoms with E-state index in [2.05, 4.69) is 0 Å². The van der Waals surface area contributed by atoms with Crippen molar-refractivity contribution in [1.82, 2.24) is 0 Å². The monoisotopic (exact) mass is 318 g/mol. The van der Waals surface area contributed by atoms with Crippen molar-refractivity contribution < 1.29 is 14.6 Å². The van der Waals surface area contributed by atoms with E-state index in [4.69, 9.17) is 4.74 Å². The van der Waals surface area contributed by atoms with E-state index >= 15 is 0 Å². The molecular formula is C21H18O3. The van der Waals surface area contributed by atoms with Crippen molar-refractivity contribution in [3.05, 3.63) is 77.9 Å². The molecule has 0 saturated carbocycles. The van der Waals surface area contributed by atoms with Crippen LogP contribution >= 0.6 is 0 Å². The summed E-state index contributed by atoms with van der Waals surface area (Å²) in [6.45, 7) is 2.03. The van der Waals surface area contributed by atoms with E-state index < -0.39 is 5.97 Å². The maximum Gasteiger partial charge on any atom is 0.335 e. The van der Waals surface area contributed by atoms with Crippen LogP contribution in [0.5, 0.6) is 5.75 Å². The first-order valence-electron chi connectivity index (χ1n) is 7.66. The number of carbonyl (C=O) groups is 1. The Kier molecular flexibility index (Phi) is 4.34. The summed E-state index contributed by atoms with van der Waals surface area (Å²) in [5.74, 6) is -0.196. The third-order valence-electron chi connectivity index (χ3n) is 3.97. The molecule has 0 heterocycles. The smallest absolute Gasteiger partial charge is 0.335 e. The minimum absolute atomic E-state index is 0.269. The van der Waals surface area contributed by atoms with Gasteiger partial charge in [0.25, 0.3) is 0 Å². The summed E-state index contributed by atoms with van der Waals surface area (Å²) in [7, 11) is 1.62. The van der Waals surface area contributed by atoms with Crippen molar-refractivity contribution >= 4 is 5.97 Å². The second-order valence-electron chi connectivity index (χ2n) is 5.70. The molecule has 0 radical (unpaired) electrons. The van der Waals surface area contributed by atoms with Crippen molar-refractivity contribution in [2.75, 3.05) is 7.11 Å². The Balaban J connectivity index is 2.15. The number of aryl methyl sites for hydroxylation is 1. The largest absolute Gasteiger partial charge is 0.497 e. The first kappa shape index (κ1) is 15.8. The third kappa shape index (κ3) is 3.30. The molecule has 0 aliphatic heterocycles. The molecule has 0 unspecified atom stereocenters. The summed E-state index contributed by atoms with van der Waals surface area (Å²) < 4.78 is 5.27. The molecule has 0 aliphatic rings. The molecule has 3 heteroatoms. The molecule has 3 aromatic rings. The molecule has 0 aromatic heterocycles. The van der Waals surface area contributed by atoms with E-state index in [-0.39, 0.29) is 5.56 Å². The van der Waals surface area contributed by atoms with Gasteiger partial charge >= 0.3 is 5.97 Å². The second kappa shape index (κ2) is 6.59. The fourth-order valence-corrected chi connectivity index (χ4v) is 2.63. The highest BCUT2D eigenvalue weighted by Crippen LogP contribution is 2.30. The Bertz CT molecular complexity index is 880. The minimum atomic E-state index is -0.937. The zero-order chi connectivity index (χ0) is 17.1. The average Bonchev–Trinajstić information content (AvgIpc) is 2.62. The van der Waals surface area contributed by atoms with Gasteiger partial charge in [0.15, 0.2) is 0 Å². The highest BCUT2D eigenvalue weighted by atomic mass is 16.5. The van der Waals surface area contributed by atoms with Crippen LogP contribution in [0.15, 0.2) is 66.7 Å². The maximum absolute atomic E-state index is 11.5. The predicted octanol–water partition coefficient (Wildman–Crippen LogP) is 5.04. The molecular weight excluding hydrogens is 300 g/mol. The zero-order valence-electron chi connectivity index (χ0n) is 13.6. The van der Waals surface area contributed by atoms with Crippen LogP contribution in [0.4, 0.5) is 0 Å². The number of aromatic carboxylic acids is 1. The molecule has 0 fully saturated rings. The number of methoxy groups -OCH3 is 1. The van der Waals surface area contributed by atoms with Crippen molar-refractivity contribution in [3.8, 4) is 28.0 Å². The normalized spacial score (nSPS) is 10.4. The lowest BCUT2D eigenvalue weighted by Gasteiger charge is -2.10. The Morgan fingerprint density at radius 3 is 2.12 bits per heavy atom. The van der Waals surface area contributed by atoms with Gasteiger partial charge in [-0.2, -0.15) is 0 Å². The number of ether oxygens (including phenoxy) is 1. The summed E-state index contributed by atoms with van der Waals surface area (Å²) >= 11 is 0. The first-order chi connectivity index (χ1) is 11.6. The highest BCUT2D eigenvalue weighted by Gasteiger charge is 2.10. The molecule has 0 aliphatic carbocycles. The zero-order valence-corrected chi connectivity index (χ0v) is 13.6. The minimum Gasteiger partial charge on any atom is -0.497 e. The first-order valence-corrected chi connectivity index (χ1v) is 7.66. The van der Waals surface area contributed by atoms with Crippen LogP contribution in [0, 0.1) is 6.92 Å². The van der Waals surface area contributed by atoms with E-state index in [0.717, 1.165) is 28.0 Å². The van der Waals surface area contributed by atoms with Gasteiger partial charge in [-0.15, -0.1) is 0 Å². The van der Waals surface area contributed by atoms with Crippen LogP contribution in [0.2, 0.25) is 0 Å². The van der Waals surface area contributed by atoms with E-state index in [1.807, 2.05) is 61.5 Å². The Morgan fingerprint density at radius 2 is 1.50 bits per heavy atom. The molecule has 3 rings (SSSR count). The SMILES string of the molecule is COc1cccc(-c2cc(C(=O)O)cc(-c3ccc(C)cc3)c2)c1. The Hall–Kier alpha value is -3.07. The van der Waals surface area contributed by atoms with Crippen molar-refractivity contribution in [1.29, 1.82) is 0 Å². The van der Waals surface area contributed by atoms with Gasteiger partial charge in [0.2, 0.25) is 0 Å². The van der Waals surface area contributed by atoms with Crippen LogP contribution in [0.25, 0.3) is 22.3 Å². The van der Waals surface area contributed by atoms with E-state index in [0.29, 0.717) is 0 Å². The van der Waals surface area contributed by atoms with Gasteiger partial charge < -0.3 is 9.84 Å². The van der Waals surface area contributed by atoms with E-state index in [1.54, 1.807) is 19.2 Å². The summed E-state index contributed by atoms with van der Waals surface area (Å²) in [4.78, 5) is 11.5. The summed E-state index contributed by atoms with van der Waals surface area (Å²) in [5, 5.41) is 9.45. The summed E-state index contributed by atoms with van der Waals surface area (Å²) in [6.07, 6.45) is 0. The number of rotatable bonds is 4. The van der Waals surface area contributed by atoms with Gasteiger partial charge in [0.05, 0.1) is 12.7 Å². The topological polar surface area (TPSA) is 46.5 Å². The number of hydrogen-bond donors (Lipinski definition) is 1. The fraction of sp³-hybridized carbons (Fsp3) is 0.0952. The number of benzene rings is 3. The average molecular weight is 318 g/mol. The second-order valence-corrected chi connectivity index (χ2v) is 5.70. The standard InChI is InChI=1S/C21H18O3/c1-14-6-8-15(9-7-14)17-10-18(12-19(11-17)21(22)23)16-4-3-5-20(13-16)24-2/h3-13H,1-2H3,(H,22,23). The Morgan fingerprint density at radius 1 is 0.833 bits per heavy atom. The van der Waals surface area contributed by atoms with Gasteiger partial charge in [-0.3, -0.25) is 0 Å². The number of carboxylic acid groups (broad SMARTS) is 1. The van der Waals surface area contributed by atoms with Crippen molar-refractivity contribution in [3.63, 3.8) is 0 Å². The van der Waals surface area contributed by atoms with Crippen LogP contribution in [0.3, 0.4) is 0 Å². The van der Waals surface area contributed by atoms with Crippen molar-refractivity contribution in [2.24, 2.45) is 0 Å². The van der Waals surface area contributed by atoms with E-state index in [9.17, 15) is 9.90 Å². The molecule has 24 heavy (non-hydrogen) atoms. The molecule has 0 atom stereocenters. The fourth-order valence-electron chi connectivity index (χ4n) is 2.63. The molecule has 3 aromatic carbocycles. The lowest BCUT2D eigenvalue weighted by Crippen LogP contribution is -1.97. The molecule has 120 valence electrons. The lowest BCUT2D eigenvalue weighted by atomic mass is 9.95. The van der Waals surface area contributed by atoms with Crippen LogP contribution in [-0.4, -0.2) is 18.2 Å². The molecule has 1 N–H and O–H groups in total. The molecule has 0 saturated heterocycles. The molecule has 0 amide bonds. The van der Waals surface area contributed by atoms with Crippen molar-refractivity contribution in [2.45, 2.75) is 6.92 Å². The van der Waals surface area contributed by atoms with Gasteiger partial charge in [0.1, 0.15) is 5.75 Å². The van der Waals surface area contributed by atoms with Crippen LogP contribution in [-0.2, 0) is 0 Å². The van der Waals surface area contributed by atoms with Gasteiger partial charge in [-0.1, -0.05) is 42.0 Å². The maximum atomic E-state index is 11.5. The molecule has 0 spiro atoms. The number of carboxylic acids is 1. The summed E-state index contributed by atoms with van der Waals surface area (Å²) in [5.41, 5.74) is 5.09. The molecule has 3 nitrogen and oxygen atoms in total. The van der Waals surface area contributed by atoms with Crippen LogP contribution in [0.1, 0.15) is 15.9 Å². The van der Waals surface area contributed by atoms with Crippen LogP contribution < -0.4 is 4.74 Å². The third-order valence-corrected chi connectivity index (χ3v) is 3.97. The van der Waals surface area contributed by atoms with Gasteiger partial charge in [-0.05, 0) is 59.5 Å². The quantitative estimate of drug-likeness (QED) is 0.733. The Labute approximate surface area is 141 Å². The van der Waals surface area contributed by atoms with Gasteiger partial charge in [0, 0.05) is 0 Å². The predicted molar refractivity (Wildman–Crippen MR) is 95.6 cm³/mol. The molecule has 0 bridgehead atoms. The highest BCUT2D eigenvalue weighted by molar-refractivity contribution is 5.92. The summed E-state index contributed by atoms with van der Waals surface area (Å²) in [6, 6.07) is 21.1. The van der Waals surface area contributed by atoms with Gasteiger partial charge in [-0.25, -0.2) is 4.79 Å². The lowest BCUT2D eigenvalue weighted by molar-refractivity contribution is 0.0697.